The van der Waals surface area contributed by atoms with Gasteiger partial charge < -0.3 is 15.2 Å². The van der Waals surface area contributed by atoms with Crippen LogP contribution in [0.25, 0.3) is 0 Å². The summed E-state index contributed by atoms with van der Waals surface area (Å²) in [7, 11) is 0. The first-order valence-corrected chi connectivity index (χ1v) is 12.2. The van der Waals surface area contributed by atoms with Gasteiger partial charge in [0.1, 0.15) is 0 Å². The van der Waals surface area contributed by atoms with E-state index in [0.717, 1.165) is 5.56 Å². The highest BCUT2D eigenvalue weighted by molar-refractivity contribution is 7.99. The minimum atomic E-state index is -0.402. The van der Waals surface area contributed by atoms with Gasteiger partial charge in [-0.15, -0.1) is 10.2 Å². The highest BCUT2D eigenvalue weighted by Crippen LogP contribution is 2.24. The molecule has 3 aromatic rings. The molecule has 2 N–H and O–H groups in total. The Hall–Kier alpha value is -2.55. The molecule has 174 valence electrons. The van der Waals surface area contributed by atoms with E-state index in [2.05, 4.69) is 20.8 Å². The Morgan fingerprint density at radius 1 is 1.00 bits per heavy atom. The van der Waals surface area contributed by atoms with Crippen LogP contribution >= 0.6 is 35.0 Å². The molecule has 3 rings (SSSR count). The third-order valence-electron chi connectivity index (χ3n) is 4.99. The number of aromatic nitrogens is 3. The fourth-order valence-electron chi connectivity index (χ4n) is 3.24. The van der Waals surface area contributed by atoms with Gasteiger partial charge >= 0.3 is 0 Å². The number of benzene rings is 2. The zero-order valence-corrected chi connectivity index (χ0v) is 20.8. The van der Waals surface area contributed by atoms with Gasteiger partial charge in [0, 0.05) is 12.1 Å². The normalized spacial score (nSPS) is 12.8. The molecule has 10 heteroatoms. The maximum absolute atomic E-state index is 12.6. The van der Waals surface area contributed by atoms with Gasteiger partial charge in [-0.05, 0) is 44.5 Å². The molecule has 0 aliphatic heterocycles. The van der Waals surface area contributed by atoms with Gasteiger partial charge in [-0.1, -0.05) is 65.3 Å². The molecule has 2 atom stereocenters. The van der Waals surface area contributed by atoms with Crippen LogP contribution in [0.3, 0.4) is 0 Å². The summed E-state index contributed by atoms with van der Waals surface area (Å²) in [5, 5.41) is 15.7. The lowest BCUT2D eigenvalue weighted by Crippen LogP contribution is -2.29. The molecule has 0 spiro atoms. The van der Waals surface area contributed by atoms with Gasteiger partial charge in [-0.25, -0.2) is 0 Å². The first kappa shape index (κ1) is 25.1. The molecule has 0 fully saturated rings. The van der Waals surface area contributed by atoms with Crippen molar-refractivity contribution in [2.75, 3.05) is 5.75 Å². The van der Waals surface area contributed by atoms with E-state index in [0.29, 0.717) is 33.1 Å². The Kier molecular flexibility index (Phi) is 8.77. The first-order valence-electron chi connectivity index (χ1n) is 10.5. The molecule has 0 aliphatic carbocycles. The summed E-state index contributed by atoms with van der Waals surface area (Å²) in [6.45, 7) is 6.33. The van der Waals surface area contributed by atoms with Gasteiger partial charge in [0.25, 0.3) is 5.91 Å². The maximum atomic E-state index is 12.6. The summed E-state index contributed by atoms with van der Waals surface area (Å²) in [5.41, 5.74) is 1.44. The van der Waals surface area contributed by atoms with Gasteiger partial charge in [-0.2, -0.15) is 0 Å². The van der Waals surface area contributed by atoms with Crippen molar-refractivity contribution >= 4 is 46.8 Å². The summed E-state index contributed by atoms with van der Waals surface area (Å²) < 4.78 is 1.89. The summed E-state index contributed by atoms with van der Waals surface area (Å²) in [6, 6.07) is 14.0. The summed E-state index contributed by atoms with van der Waals surface area (Å²) in [4.78, 5) is 25.0. The van der Waals surface area contributed by atoms with E-state index >= 15 is 0 Å². The number of carbonyl (C=O) groups is 2. The SMILES string of the molecule is CCn1c(SCC(=O)N[C@@H](C)c2ccccc2)nnc1[C@H](C)NC(=O)c1ccc(Cl)c(Cl)c1. The van der Waals surface area contributed by atoms with Crippen LogP contribution in [0.4, 0.5) is 0 Å². The molecule has 0 radical (unpaired) electrons. The average Bonchev–Trinajstić information content (AvgIpc) is 3.23. The number of carbonyl (C=O) groups excluding carboxylic acids is 2. The van der Waals surface area contributed by atoms with E-state index in [9.17, 15) is 9.59 Å². The molecule has 0 bridgehead atoms. The van der Waals surface area contributed by atoms with Crippen molar-refractivity contribution in [2.24, 2.45) is 0 Å². The molecule has 7 nitrogen and oxygen atoms in total. The molecule has 0 unspecified atom stereocenters. The second-order valence-electron chi connectivity index (χ2n) is 7.40. The molecule has 2 aromatic carbocycles. The average molecular weight is 506 g/mol. The standard InChI is InChI=1S/C23H25Cl2N5O2S/c1-4-30-21(15(3)27-22(32)17-10-11-18(24)19(25)12-17)28-29-23(30)33-13-20(31)26-14(2)16-8-6-5-7-9-16/h5-12,14-15H,4,13H2,1-3H3,(H,26,31)(H,27,32)/t14-,15-/m0/s1. The molecule has 1 aromatic heterocycles. The summed E-state index contributed by atoms with van der Waals surface area (Å²) in [6.07, 6.45) is 0. The number of thioether (sulfide) groups is 1. The van der Waals surface area contributed by atoms with E-state index in [1.54, 1.807) is 12.1 Å². The Morgan fingerprint density at radius 3 is 2.39 bits per heavy atom. The van der Waals surface area contributed by atoms with Crippen LogP contribution in [-0.2, 0) is 11.3 Å². The van der Waals surface area contributed by atoms with Crippen LogP contribution < -0.4 is 10.6 Å². The topological polar surface area (TPSA) is 88.9 Å². The van der Waals surface area contributed by atoms with Crippen LogP contribution in [0.2, 0.25) is 10.0 Å². The smallest absolute Gasteiger partial charge is 0.251 e. The second kappa shape index (κ2) is 11.5. The Bertz CT molecular complexity index is 1120. The Balaban J connectivity index is 1.61. The number of hydrogen-bond acceptors (Lipinski definition) is 5. The zero-order chi connectivity index (χ0) is 24.0. The van der Waals surface area contributed by atoms with Crippen molar-refractivity contribution in [2.45, 2.75) is 44.6 Å². The first-order chi connectivity index (χ1) is 15.8. The second-order valence-corrected chi connectivity index (χ2v) is 9.15. The van der Waals surface area contributed by atoms with Crippen molar-refractivity contribution in [1.82, 2.24) is 25.4 Å². The molecule has 0 aliphatic rings. The van der Waals surface area contributed by atoms with Crippen molar-refractivity contribution in [3.8, 4) is 0 Å². The minimum Gasteiger partial charge on any atom is -0.349 e. The van der Waals surface area contributed by atoms with Gasteiger partial charge in [0.2, 0.25) is 5.91 Å². The summed E-state index contributed by atoms with van der Waals surface area (Å²) in [5.74, 6) is 0.422. The number of nitrogens with one attached hydrogen (secondary N) is 2. The largest absolute Gasteiger partial charge is 0.349 e. The van der Waals surface area contributed by atoms with Gasteiger partial charge in [-0.3, -0.25) is 9.59 Å². The number of hydrogen-bond donors (Lipinski definition) is 2. The Morgan fingerprint density at radius 2 is 1.73 bits per heavy atom. The molecule has 1 heterocycles. The number of nitrogens with zero attached hydrogens (tertiary/aromatic N) is 3. The zero-order valence-electron chi connectivity index (χ0n) is 18.5. The van der Waals surface area contributed by atoms with E-state index in [1.165, 1.54) is 17.8 Å². The predicted molar refractivity (Wildman–Crippen MR) is 132 cm³/mol. The molecule has 2 amide bonds. The van der Waals surface area contributed by atoms with E-state index in [4.69, 9.17) is 23.2 Å². The van der Waals surface area contributed by atoms with Crippen LogP contribution in [0, 0.1) is 0 Å². The quantitative estimate of drug-likeness (QED) is 0.396. The highest BCUT2D eigenvalue weighted by Gasteiger charge is 2.21. The van der Waals surface area contributed by atoms with Crippen LogP contribution in [0.1, 0.15) is 54.6 Å². The van der Waals surface area contributed by atoms with Crippen molar-refractivity contribution in [3.05, 3.63) is 75.5 Å². The van der Waals surface area contributed by atoms with E-state index in [-0.39, 0.29) is 23.6 Å². The number of rotatable bonds is 9. The molecular weight excluding hydrogens is 481 g/mol. The summed E-state index contributed by atoms with van der Waals surface area (Å²) >= 11 is 13.2. The monoisotopic (exact) mass is 505 g/mol. The molecule has 0 saturated heterocycles. The van der Waals surface area contributed by atoms with Crippen molar-refractivity contribution < 1.29 is 9.59 Å². The van der Waals surface area contributed by atoms with Crippen LogP contribution in [0.5, 0.6) is 0 Å². The van der Waals surface area contributed by atoms with Crippen LogP contribution in [0.15, 0.2) is 53.7 Å². The van der Waals surface area contributed by atoms with Crippen molar-refractivity contribution in [1.29, 1.82) is 0 Å². The van der Waals surface area contributed by atoms with E-state index < -0.39 is 6.04 Å². The van der Waals surface area contributed by atoms with E-state index in [1.807, 2.05) is 55.7 Å². The molecule has 33 heavy (non-hydrogen) atoms. The third-order valence-corrected chi connectivity index (χ3v) is 6.69. The maximum Gasteiger partial charge on any atom is 0.251 e. The number of halogens is 2. The Labute approximate surface area is 207 Å². The number of amides is 2. The van der Waals surface area contributed by atoms with Gasteiger partial charge in [0.05, 0.1) is 27.9 Å². The highest BCUT2D eigenvalue weighted by atomic mass is 35.5. The molecular formula is C23H25Cl2N5O2S. The van der Waals surface area contributed by atoms with Crippen LogP contribution in [-0.4, -0.2) is 32.3 Å². The fraction of sp³-hybridized carbons (Fsp3) is 0.304. The van der Waals surface area contributed by atoms with Crippen molar-refractivity contribution in [3.63, 3.8) is 0 Å². The predicted octanol–water partition coefficient (Wildman–Crippen LogP) is 5.07. The lowest BCUT2D eigenvalue weighted by molar-refractivity contribution is -0.119. The minimum absolute atomic E-state index is 0.0875. The molecule has 0 saturated carbocycles. The fourth-order valence-corrected chi connectivity index (χ4v) is 4.36. The lowest BCUT2D eigenvalue weighted by atomic mass is 10.1. The van der Waals surface area contributed by atoms with Gasteiger partial charge in [0.15, 0.2) is 11.0 Å². The lowest BCUT2D eigenvalue weighted by Gasteiger charge is -2.16. The third kappa shape index (κ3) is 6.50.